The molecular formula is C52H68Cl6N12O7. The number of fused-ring (bicyclic) bond motifs is 4. The lowest BCUT2D eigenvalue weighted by Gasteiger charge is -2.34. The number of piperazine rings is 2. The molecule has 10 aromatic rings. The number of anilines is 2. The molecule has 0 bridgehead atoms. The number of hydrogen-bond donors (Lipinski definition) is 5. The van der Waals surface area contributed by atoms with Gasteiger partial charge in [0.15, 0.2) is 0 Å². The second-order valence-electron chi connectivity index (χ2n) is 17.3. The highest BCUT2D eigenvalue weighted by Gasteiger charge is 2.18. The first-order valence-corrected chi connectivity index (χ1v) is 22.7. The summed E-state index contributed by atoms with van der Waals surface area (Å²) in [5.41, 5.74) is 14.3. The van der Waals surface area contributed by atoms with Crippen molar-refractivity contribution in [2.75, 3.05) is 82.9 Å². The van der Waals surface area contributed by atoms with Gasteiger partial charge >= 0.3 is 0 Å². The van der Waals surface area contributed by atoms with E-state index in [9.17, 15) is 5.11 Å². The van der Waals surface area contributed by atoms with Crippen LogP contribution >= 0.6 is 74.4 Å². The first kappa shape index (κ1) is 70.9. The predicted molar refractivity (Wildman–Crippen MR) is 327 cm³/mol. The van der Waals surface area contributed by atoms with E-state index in [1.165, 1.54) is 11.4 Å². The Bertz CT molecular complexity index is 3350. The third-order valence-corrected chi connectivity index (χ3v) is 12.8. The van der Waals surface area contributed by atoms with Crippen molar-refractivity contribution in [3.05, 3.63) is 121 Å². The quantitative estimate of drug-likeness (QED) is 0.0994. The number of phenolic OH excluding ortho intramolecular Hbond substituents is 1. The molecule has 0 radical (unpaired) electrons. The fraction of sp³-hybridized carbons (Fsp3) is 0.231. The maximum atomic E-state index is 9.52. The van der Waals surface area contributed by atoms with Crippen molar-refractivity contribution in [3.8, 4) is 57.1 Å². The molecule has 0 unspecified atom stereocenters. The zero-order valence-corrected chi connectivity index (χ0v) is 47.2. The number of aromatic nitrogens is 8. The van der Waals surface area contributed by atoms with Crippen molar-refractivity contribution >= 4 is 130 Å². The van der Waals surface area contributed by atoms with E-state index in [1.807, 2.05) is 61.5 Å². The maximum absolute atomic E-state index is 9.52. The molecule has 2 fully saturated rings. The summed E-state index contributed by atoms with van der Waals surface area (Å²) in [6.07, 6.45) is 0. The lowest BCUT2D eigenvalue weighted by Crippen LogP contribution is -2.44. The minimum absolute atomic E-state index is 0. The number of hydrogen-bond acceptors (Lipinski definition) is 10. The number of halogens is 6. The van der Waals surface area contributed by atoms with Gasteiger partial charge in [-0.3, -0.25) is 0 Å². The second kappa shape index (κ2) is 30.7. The first-order chi connectivity index (χ1) is 32.3. The molecule has 4 aromatic heterocycles. The molecule has 15 N–H and O–H groups in total. The molecule has 25 heteroatoms. The van der Waals surface area contributed by atoms with E-state index in [1.54, 1.807) is 12.1 Å². The first-order valence-electron chi connectivity index (χ1n) is 22.7. The van der Waals surface area contributed by atoms with Crippen molar-refractivity contribution in [2.45, 2.75) is 6.92 Å². The Kier molecular flexibility index (Phi) is 28.3. The van der Waals surface area contributed by atoms with Gasteiger partial charge in [-0.25, -0.2) is 19.9 Å². The molecule has 2 aliphatic rings. The number of ether oxygens (including phenoxy) is 1. The van der Waals surface area contributed by atoms with Gasteiger partial charge in [-0.05, 0) is 142 Å². The van der Waals surface area contributed by atoms with Crippen LogP contribution in [0.25, 0.3) is 89.7 Å². The Balaban J connectivity index is 0.00000131. The van der Waals surface area contributed by atoms with E-state index in [0.29, 0.717) is 6.61 Å². The Labute approximate surface area is 482 Å². The largest absolute Gasteiger partial charge is 0.508 e. The number of nitrogens with one attached hydrogen (secondary N) is 4. The lowest BCUT2D eigenvalue weighted by molar-refractivity contribution is 0.313. The van der Waals surface area contributed by atoms with Gasteiger partial charge in [0.2, 0.25) is 0 Å². The lowest BCUT2D eigenvalue weighted by atomic mass is 10.2. The zero-order chi connectivity index (χ0) is 44.7. The molecule has 0 atom stereocenters. The Hall–Kier alpha value is -6.14. The standard InChI is InChI=1S/C27H28N6O.C25H24N6O.6ClH.5H2O/c1-3-34-21-8-4-18(5-9-21)26-28-22-10-6-19(16-24(22)30-26)27-29-23-11-7-20(17-25(23)31-27)33-14-12-32(2)13-15-33;1-30-10-12-31(13-11-30)18-5-9-21-23(15-18)29-25(27-21)17-4-8-20-22(14-17)28-24(26-20)16-2-6-19(32)7-3-16;;;;;;;;;;;/h4-11,16-17H,3,12-15H2,1-2H3,(H,28,30)(H,29,31);2-9,14-15,32H,10-13H2,1H3,(H,26,28)(H,27,29);6*1H;5*1H2. The molecule has 0 spiro atoms. The molecule has 12 rings (SSSR count). The number of imidazole rings is 4. The number of benzene rings is 6. The average molecular weight is 1190 g/mol. The number of aromatic hydroxyl groups is 1. The van der Waals surface area contributed by atoms with Gasteiger partial charge in [0, 0.05) is 86.0 Å². The Morgan fingerprint density at radius 3 is 1.05 bits per heavy atom. The van der Waals surface area contributed by atoms with Crippen LogP contribution in [0.1, 0.15) is 6.92 Å². The van der Waals surface area contributed by atoms with Crippen LogP contribution in [0.5, 0.6) is 11.5 Å². The summed E-state index contributed by atoms with van der Waals surface area (Å²) < 4.78 is 5.55. The number of likely N-dealkylation sites (N-methyl/N-ethyl adjacent to an activating group) is 2. The van der Waals surface area contributed by atoms with Gasteiger partial charge in [-0.15, -0.1) is 74.4 Å². The molecule has 19 nitrogen and oxygen atoms in total. The minimum atomic E-state index is 0. The minimum Gasteiger partial charge on any atom is -0.508 e. The van der Waals surface area contributed by atoms with Crippen LogP contribution in [0.2, 0.25) is 0 Å². The van der Waals surface area contributed by atoms with Crippen molar-refractivity contribution in [2.24, 2.45) is 0 Å². The van der Waals surface area contributed by atoms with Crippen molar-refractivity contribution in [1.29, 1.82) is 0 Å². The predicted octanol–water partition coefficient (Wildman–Crippen LogP) is 7.56. The number of phenols is 1. The molecule has 6 aromatic carbocycles. The van der Waals surface area contributed by atoms with Crippen LogP contribution in [0.4, 0.5) is 11.4 Å². The molecule has 2 aliphatic heterocycles. The Morgan fingerprint density at radius 2 is 0.701 bits per heavy atom. The van der Waals surface area contributed by atoms with Gasteiger partial charge in [-0.2, -0.15) is 0 Å². The van der Waals surface area contributed by atoms with Crippen LogP contribution < -0.4 is 14.5 Å². The molecule has 0 amide bonds. The topological polar surface area (TPSA) is 315 Å². The summed E-state index contributed by atoms with van der Waals surface area (Å²) in [5.74, 6) is 4.44. The van der Waals surface area contributed by atoms with Crippen LogP contribution in [0.15, 0.2) is 121 Å². The van der Waals surface area contributed by atoms with Crippen molar-refractivity contribution in [3.63, 3.8) is 0 Å². The molecular weight excluding hydrogens is 1120 g/mol. The molecule has 0 aliphatic carbocycles. The normalized spacial score (nSPS) is 12.8. The summed E-state index contributed by atoms with van der Waals surface area (Å²) in [6, 6.07) is 40.4. The van der Waals surface area contributed by atoms with Gasteiger partial charge in [0.05, 0.1) is 50.7 Å². The third-order valence-electron chi connectivity index (χ3n) is 12.8. The molecule has 77 heavy (non-hydrogen) atoms. The van der Waals surface area contributed by atoms with Gasteiger partial charge < -0.3 is 76.8 Å². The molecule has 420 valence electrons. The van der Waals surface area contributed by atoms with Gasteiger partial charge in [0.1, 0.15) is 34.8 Å². The highest BCUT2D eigenvalue weighted by Crippen LogP contribution is 2.31. The number of aromatic amines is 4. The Morgan fingerprint density at radius 1 is 0.403 bits per heavy atom. The fourth-order valence-electron chi connectivity index (χ4n) is 8.87. The summed E-state index contributed by atoms with van der Waals surface area (Å²) >= 11 is 0. The second-order valence-corrected chi connectivity index (χ2v) is 17.3. The van der Waals surface area contributed by atoms with E-state index < -0.39 is 0 Å². The monoisotopic (exact) mass is 1180 g/mol. The zero-order valence-electron chi connectivity index (χ0n) is 42.3. The SMILES string of the molecule is CCOc1ccc(-c2nc3ccc(-c4nc5ccc(N6CCN(C)CC6)cc5[nH]4)cc3[nH]2)cc1.CN1CCN(c2ccc3nc(-c4ccc5nc(-c6ccc(O)cc6)[nH]c5c4)[nH]c3c2)CC1.Cl.Cl.Cl.Cl.Cl.Cl.O.O.O.O.O. The molecule has 2 saturated heterocycles. The van der Waals surface area contributed by atoms with Crippen LogP contribution in [0.3, 0.4) is 0 Å². The fourth-order valence-corrected chi connectivity index (χ4v) is 8.87. The number of rotatable bonds is 8. The smallest absolute Gasteiger partial charge is 0.138 e. The number of H-pyrrole nitrogens is 4. The third kappa shape index (κ3) is 15.3. The highest BCUT2D eigenvalue weighted by atomic mass is 35.5. The maximum Gasteiger partial charge on any atom is 0.138 e. The van der Waals surface area contributed by atoms with Gasteiger partial charge in [-0.1, -0.05) is 0 Å². The van der Waals surface area contributed by atoms with E-state index >= 15 is 0 Å². The van der Waals surface area contributed by atoms with Gasteiger partial charge in [0.25, 0.3) is 0 Å². The van der Waals surface area contributed by atoms with Crippen LogP contribution in [-0.2, 0) is 0 Å². The van der Waals surface area contributed by atoms with Crippen LogP contribution in [-0.4, -0.2) is 155 Å². The van der Waals surface area contributed by atoms with E-state index in [4.69, 9.17) is 19.7 Å². The summed E-state index contributed by atoms with van der Waals surface area (Å²) in [5, 5.41) is 9.52. The van der Waals surface area contributed by atoms with Crippen molar-refractivity contribution in [1.82, 2.24) is 49.7 Å². The highest BCUT2D eigenvalue weighted by molar-refractivity contribution is 5.89. The van der Waals surface area contributed by atoms with E-state index in [2.05, 4.69) is 113 Å². The summed E-state index contributed by atoms with van der Waals surface area (Å²) in [7, 11) is 4.35. The van der Waals surface area contributed by atoms with E-state index in [-0.39, 0.29) is 108 Å². The van der Waals surface area contributed by atoms with Crippen molar-refractivity contribution < 1.29 is 37.2 Å². The van der Waals surface area contributed by atoms with Crippen LogP contribution in [0, 0.1) is 0 Å². The molecule has 6 heterocycles. The summed E-state index contributed by atoms with van der Waals surface area (Å²) in [6.45, 7) is 11.2. The summed E-state index contributed by atoms with van der Waals surface area (Å²) in [4.78, 5) is 42.6. The molecule has 0 saturated carbocycles. The number of nitrogens with zero attached hydrogens (tertiary/aromatic N) is 8. The average Bonchev–Trinajstić information content (AvgIpc) is 4.17. The van der Waals surface area contributed by atoms with E-state index in [0.717, 1.165) is 148 Å².